The molecule has 3 rings (SSSR count). The molecule has 0 radical (unpaired) electrons. The summed E-state index contributed by atoms with van der Waals surface area (Å²) in [6.45, 7) is 2.87. The molecule has 110 valence electrons. The van der Waals surface area contributed by atoms with Gasteiger partial charge in [-0.05, 0) is 25.0 Å². The first kappa shape index (κ1) is 14.1. The van der Waals surface area contributed by atoms with Crippen molar-refractivity contribution in [1.29, 1.82) is 0 Å². The number of aromatic nitrogens is 1. The van der Waals surface area contributed by atoms with Crippen molar-refractivity contribution in [2.24, 2.45) is 0 Å². The molecule has 4 nitrogen and oxygen atoms in total. The number of carbonyl (C=O) groups is 1. The number of rotatable bonds is 5. The molecule has 1 aromatic heterocycles. The second kappa shape index (κ2) is 6.72. The minimum absolute atomic E-state index is 0.0226. The van der Waals surface area contributed by atoms with E-state index in [2.05, 4.69) is 20.6 Å². The van der Waals surface area contributed by atoms with Crippen molar-refractivity contribution in [3.63, 3.8) is 0 Å². The maximum atomic E-state index is 11.9. The Kier molecular flexibility index (Phi) is 4.50. The Morgan fingerprint density at radius 2 is 2.00 bits per heavy atom. The SMILES string of the molecule is O=C(NCCc1csc(N2CCCC2)n1)c1ccccc1. The van der Waals surface area contributed by atoms with Crippen LogP contribution in [-0.4, -0.2) is 30.5 Å². The number of carbonyl (C=O) groups excluding carboxylic acids is 1. The Morgan fingerprint density at radius 3 is 2.76 bits per heavy atom. The number of nitrogens with one attached hydrogen (secondary N) is 1. The monoisotopic (exact) mass is 301 g/mol. The van der Waals surface area contributed by atoms with Crippen LogP contribution in [-0.2, 0) is 6.42 Å². The first-order chi connectivity index (χ1) is 10.3. The molecule has 1 aliphatic rings. The topological polar surface area (TPSA) is 45.2 Å². The van der Waals surface area contributed by atoms with Crippen LogP contribution >= 0.6 is 11.3 Å². The van der Waals surface area contributed by atoms with Gasteiger partial charge in [-0.2, -0.15) is 0 Å². The van der Waals surface area contributed by atoms with E-state index in [9.17, 15) is 4.79 Å². The highest BCUT2D eigenvalue weighted by atomic mass is 32.1. The van der Waals surface area contributed by atoms with Crippen molar-refractivity contribution >= 4 is 22.4 Å². The van der Waals surface area contributed by atoms with Gasteiger partial charge in [0.2, 0.25) is 0 Å². The van der Waals surface area contributed by atoms with Gasteiger partial charge in [0.05, 0.1) is 5.69 Å². The molecule has 0 spiro atoms. The van der Waals surface area contributed by atoms with Crippen LogP contribution in [0.1, 0.15) is 28.9 Å². The third-order valence-corrected chi connectivity index (χ3v) is 4.57. The Bertz CT molecular complexity index is 591. The molecule has 2 heterocycles. The number of hydrogen-bond donors (Lipinski definition) is 1. The predicted molar refractivity (Wildman–Crippen MR) is 86.0 cm³/mol. The maximum absolute atomic E-state index is 11.9. The third kappa shape index (κ3) is 3.61. The number of hydrogen-bond acceptors (Lipinski definition) is 4. The van der Waals surface area contributed by atoms with E-state index in [0.29, 0.717) is 12.1 Å². The van der Waals surface area contributed by atoms with Crippen LogP contribution in [0.15, 0.2) is 35.7 Å². The molecule has 21 heavy (non-hydrogen) atoms. The number of anilines is 1. The fraction of sp³-hybridized carbons (Fsp3) is 0.375. The van der Waals surface area contributed by atoms with Crippen LogP contribution in [0.4, 0.5) is 5.13 Å². The van der Waals surface area contributed by atoms with Gasteiger partial charge in [-0.15, -0.1) is 11.3 Å². The number of thiazole rings is 1. The van der Waals surface area contributed by atoms with E-state index in [0.717, 1.165) is 30.3 Å². The highest BCUT2D eigenvalue weighted by molar-refractivity contribution is 7.13. The molecule has 0 bridgehead atoms. The molecule has 1 aliphatic heterocycles. The lowest BCUT2D eigenvalue weighted by molar-refractivity contribution is 0.0954. The minimum atomic E-state index is -0.0226. The number of nitrogens with zero attached hydrogens (tertiary/aromatic N) is 2. The molecule has 0 saturated carbocycles. The van der Waals surface area contributed by atoms with E-state index in [4.69, 9.17) is 0 Å². The van der Waals surface area contributed by atoms with Crippen molar-refractivity contribution in [2.75, 3.05) is 24.5 Å². The Balaban J connectivity index is 1.48. The van der Waals surface area contributed by atoms with Gasteiger partial charge in [0.25, 0.3) is 5.91 Å². The second-order valence-corrected chi connectivity index (χ2v) is 6.02. The van der Waals surface area contributed by atoms with Gasteiger partial charge in [-0.1, -0.05) is 18.2 Å². The van der Waals surface area contributed by atoms with Crippen molar-refractivity contribution in [3.05, 3.63) is 47.0 Å². The van der Waals surface area contributed by atoms with Crippen molar-refractivity contribution in [2.45, 2.75) is 19.3 Å². The van der Waals surface area contributed by atoms with Crippen LogP contribution < -0.4 is 10.2 Å². The molecular formula is C16H19N3OS. The van der Waals surface area contributed by atoms with Gasteiger partial charge in [0, 0.05) is 37.0 Å². The van der Waals surface area contributed by atoms with E-state index in [1.165, 1.54) is 12.8 Å². The summed E-state index contributed by atoms with van der Waals surface area (Å²) in [4.78, 5) is 18.9. The van der Waals surface area contributed by atoms with Crippen LogP contribution in [0.2, 0.25) is 0 Å². The molecule has 1 fully saturated rings. The summed E-state index contributed by atoms with van der Waals surface area (Å²) in [5.41, 5.74) is 1.77. The zero-order valence-electron chi connectivity index (χ0n) is 11.9. The van der Waals surface area contributed by atoms with Crippen molar-refractivity contribution in [3.8, 4) is 0 Å². The van der Waals surface area contributed by atoms with Crippen LogP contribution in [0, 0.1) is 0 Å². The van der Waals surface area contributed by atoms with E-state index >= 15 is 0 Å². The molecule has 1 aromatic carbocycles. The summed E-state index contributed by atoms with van der Waals surface area (Å²) in [6, 6.07) is 9.30. The zero-order valence-corrected chi connectivity index (χ0v) is 12.7. The largest absolute Gasteiger partial charge is 0.352 e. The molecule has 1 saturated heterocycles. The lowest BCUT2D eigenvalue weighted by atomic mass is 10.2. The summed E-state index contributed by atoms with van der Waals surface area (Å²) in [5.74, 6) is -0.0226. The van der Waals surface area contributed by atoms with Gasteiger partial charge in [0.15, 0.2) is 5.13 Å². The first-order valence-corrected chi connectivity index (χ1v) is 8.23. The Morgan fingerprint density at radius 1 is 1.24 bits per heavy atom. The third-order valence-electron chi connectivity index (χ3n) is 3.62. The zero-order chi connectivity index (χ0) is 14.5. The predicted octanol–water partition coefficient (Wildman–Crippen LogP) is 2.72. The average molecular weight is 301 g/mol. The molecule has 5 heteroatoms. The van der Waals surface area contributed by atoms with Gasteiger partial charge in [-0.25, -0.2) is 4.98 Å². The summed E-state index contributed by atoms with van der Waals surface area (Å²) < 4.78 is 0. The quantitative estimate of drug-likeness (QED) is 0.923. The highest BCUT2D eigenvalue weighted by Crippen LogP contribution is 2.24. The molecule has 1 N–H and O–H groups in total. The second-order valence-electron chi connectivity index (χ2n) is 5.19. The van der Waals surface area contributed by atoms with Crippen LogP contribution in [0.25, 0.3) is 0 Å². The summed E-state index contributed by atoms with van der Waals surface area (Å²) in [7, 11) is 0. The van der Waals surface area contributed by atoms with Crippen LogP contribution in [0.5, 0.6) is 0 Å². The summed E-state index contributed by atoms with van der Waals surface area (Å²) >= 11 is 1.70. The lowest BCUT2D eigenvalue weighted by Gasteiger charge is -2.12. The smallest absolute Gasteiger partial charge is 0.251 e. The summed E-state index contributed by atoms with van der Waals surface area (Å²) in [6.07, 6.45) is 3.31. The Labute approximate surface area is 128 Å². The van der Waals surface area contributed by atoms with E-state index in [-0.39, 0.29) is 5.91 Å². The molecule has 0 atom stereocenters. The fourth-order valence-corrected chi connectivity index (χ4v) is 3.37. The molecule has 2 aromatic rings. The average Bonchev–Trinajstić information content (AvgIpc) is 3.19. The van der Waals surface area contributed by atoms with Gasteiger partial charge in [-0.3, -0.25) is 4.79 Å². The first-order valence-electron chi connectivity index (χ1n) is 7.35. The molecule has 0 aliphatic carbocycles. The van der Waals surface area contributed by atoms with Gasteiger partial charge >= 0.3 is 0 Å². The standard InChI is InChI=1S/C16H19N3OS/c20-15(13-6-2-1-3-7-13)17-9-8-14-12-21-16(18-14)19-10-4-5-11-19/h1-3,6-7,12H,4-5,8-11H2,(H,17,20). The molecular weight excluding hydrogens is 282 g/mol. The minimum Gasteiger partial charge on any atom is -0.352 e. The molecule has 0 unspecified atom stereocenters. The van der Waals surface area contributed by atoms with Gasteiger partial charge < -0.3 is 10.2 Å². The van der Waals surface area contributed by atoms with Crippen molar-refractivity contribution in [1.82, 2.24) is 10.3 Å². The Hall–Kier alpha value is -1.88. The normalized spacial score (nSPS) is 14.4. The van der Waals surface area contributed by atoms with E-state index in [1.807, 2.05) is 30.3 Å². The lowest BCUT2D eigenvalue weighted by Crippen LogP contribution is -2.25. The van der Waals surface area contributed by atoms with E-state index in [1.54, 1.807) is 11.3 Å². The fourth-order valence-electron chi connectivity index (χ4n) is 2.46. The van der Waals surface area contributed by atoms with Crippen molar-refractivity contribution < 1.29 is 4.79 Å². The highest BCUT2D eigenvalue weighted by Gasteiger charge is 2.15. The number of amides is 1. The molecule has 1 amide bonds. The summed E-state index contributed by atoms with van der Waals surface area (Å²) in [5, 5.41) is 6.16. The van der Waals surface area contributed by atoms with E-state index < -0.39 is 0 Å². The van der Waals surface area contributed by atoms with Crippen LogP contribution in [0.3, 0.4) is 0 Å². The van der Waals surface area contributed by atoms with Gasteiger partial charge in [0.1, 0.15) is 0 Å². The maximum Gasteiger partial charge on any atom is 0.251 e. The number of benzene rings is 1.